The molecule has 0 nitrogen and oxygen atoms in total. The summed E-state index contributed by atoms with van der Waals surface area (Å²) in [5, 5.41) is 0. The summed E-state index contributed by atoms with van der Waals surface area (Å²) in [5.74, 6) is -7.96. The standard InChI is InChI=1S/C11H20F4/c1-8(2,3)7-10(12,13)11(14,15)9(4,5)6/h7H2,1-6H3. The quantitative estimate of drug-likeness (QED) is 0.599. The molecule has 0 aromatic carbocycles. The molecule has 0 saturated carbocycles. The van der Waals surface area contributed by atoms with E-state index in [1.54, 1.807) is 0 Å². The van der Waals surface area contributed by atoms with Crippen LogP contribution in [0.4, 0.5) is 17.6 Å². The molecule has 92 valence electrons. The van der Waals surface area contributed by atoms with Gasteiger partial charge < -0.3 is 0 Å². The predicted octanol–water partition coefficient (Wildman–Crippen LogP) is 4.74. The Hall–Kier alpha value is -0.280. The molecule has 0 aliphatic carbocycles. The third-order valence-electron chi connectivity index (χ3n) is 2.15. The van der Waals surface area contributed by atoms with Crippen LogP contribution >= 0.6 is 0 Å². The molecule has 0 N–H and O–H groups in total. The molecule has 4 heteroatoms. The van der Waals surface area contributed by atoms with E-state index >= 15 is 0 Å². The first kappa shape index (κ1) is 14.7. The highest BCUT2D eigenvalue weighted by molar-refractivity contribution is 4.95. The van der Waals surface area contributed by atoms with Crippen molar-refractivity contribution < 1.29 is 17.6 Å². The minimum absolute atomic E-state index is 0.815. The zero-order valence-electron chi connectivity index (χ0n) is 10.2. The maximum atomic E-state index is 13.5. The van der Waals surface area contributed by atoms with Gasteiger partial charge in [-0.25, -0.2) is 0 Å². The van der Waals surface area contributed by atoms with Crippen LogP contribution in [0.1, 0.15) is 48.0 Å². The Bertz CT molecular complexity index is 218. The van der Waals surface area contributed by atoms with Crippen LogP contribution in [-0.2, 0) is 0 Å². The number of hydrogen-bond donors (Lipinski definition) is 0. The van der Waals surface area contributed by atoms with Crippen LogP contribution in [0.25, 0.3) is 0 Å². The van der Waals surface area contributed by atoms with E-state index in [1.807, 2.05) is 0 Å². The average Bonchev–Trinajstić information content (AvgIpc) is 1.77. The molecule has 0 spiro atoms. The van der Waals surface area contributed by atoms with Gasteiger partial charge in [-0.2, -0.15) is 17.6 Å². The summed E-state index contributed by atoms with van der Waals surface area (Å²) in [6.45, 7) is 7.97. The van der Waals surface area contributed by atoms with Crippen molar-refractivity contribution in [2.75, 3.05) is 0 Å². The molecule has 0 aliphatic rings. The van der Waals surface area contributed by atoms with E-state index in [-0.39, 0.29) is 0 Å². The molecule has 0 atom stereocenters. The van der Waals surface area contributed by atoms with Crippen LogP contribution in [0.2, 0.25) is 0 Å². The minimum atomic E-state index is -3.99. The summed E-state index contributed by atoms with van der Waals surface area (Å²) in [4.78, 5) is 0. The van der Waals surface area contributed by atoms with Crippen molar-refractivity contribution in [3.63, 3.8) is 0 Å². The van der Waals surface area contributed by atoms with Gasteiger partial charge in [0.15, 0.2) is 0 Å². The molecule has 0 aromatic heterocycles. The van der Waals surface area contributed by atoms with Crippen LogP contribution in [-0.4, -0.2) is 11.8 Å². The molecular weight excluding hydrogens is 208 g/mol. The second kappa shape index (κ2) is 3.63. The fourth-order valence-corrected chi connectivity index (χ4v) is 1.33. The van der Waals surface area contributed by atoms with E-state index in [1.165, 1.54) is 20.8 Å². The monoisotopic (exact) mass is 228 g/mol. The smallest absolute Gasteiger partial charge is 0.200 e. The first-order chi connectivity index (χ1) is 6.21. The van der Waals surface area contributed by atoms with E-state index in [9.17, 15) is 17.6 Å². The number of rotatable bonds is 2. The molecule has 0 heterocycles. The molecule has 0 rings (SSSR count). The summed E-state index contributed by atoms with van der Waals surface area (Å²) in [6.07, 6.45) is -0.815. The summed E-state index contributed by atoms with van der Waals surface area (Å²) in [7, 11) is 0. The van der Waals surface area contributed by atoms with Gasteiger partial charge in [0.25, 0.3) is 0 Å². The largest absolute Gasteiger partial charge is 0.314 e. The fraction of sp³-hybridized carbons (Fsp3) is 1.00. The summed E-state index contributed by atoms with van der Waals surface area (Å²) in [5.41, 5.74) is -2.56. The molecule has 0 radical (unpaired) electrons. The van der Waals surface area contributed by atoms with Crippen LogP contribution in [0.15, 0.2) is 0 Å². The third-order valence-corrected chi connectivity index (χ3v) is 2.15. The number of halogens is 4. The molecular formula is C11H20F4. The lowest BCUT2D eigenvalue weighted by Gasteiger charge is -2.39. The van der Waals surface area contributed by atoms with Crippen LogP contribution in [0.3, 0.4) is 0 Å². The number of alkyl halides is 4. The van der Waals surface area contributed by atoms with E-state index in [0.29, 0.717) is 0 Å². The van der Waals surface area contributed by atoms with E-state index < -0.39 is 29.1 Å². The van der Waals surface area contributed by atoms with Gasteiger partial charge in [-0.15, -0.1) is 0 Å². The Morgan fingerprint density at radius 2 is 1.07 bits per heavy atom. The molecule has 0 aromatic rings. The van der Waals surface area contributed by atoms with Gasteiger partial charge in [0.2, 0.25) is 0 Å². The van der Waals surface area contributed by atoms with Gasteiger partial charge in [-0.3, -0.25) is 0 Å². The maximum absolute atomic E-state index is 13.5. The number of hydrogen-bond acceptors (Lipinski definition) is 0. The van der Waals surface area contributed by atoms with Crippen LogP contribution < -0.4 is 0 Å². The Morgan fingerprint density at radius 3 is 1.27 bits per heavy atom. The minimum Gasteiger partial charge on any atom is -0.200 e. The van der Waals surface area contributed by atoms with E-state index in [2.05, 4.69) is 0 Å². The van der Waals surface area contributed by atoms with Crippen molar-refractivity contribution in [2.24, 2.45) is 10.8 Å². The second-order valence-corrected chi connectivity index (χ2v) is 6.27. The third kappa shape index (κ3) is 3.35. The van der Waals surface area contributed by atoms with Crippen molar-refractivity contribution >= 4 is 0 Å². The normalized spacial score (nSPS) is 15.6. The van der Waals surface area contributed by atoms with Crippen molar-refractivity contribution in [1.82, 2.24) is 0 Å². The zero-order valence-corrected chi connectivity index (χ0v) is 10.2. The Balaban J connectivity index is 5.03. The average molecular weight is 228 g/mol. The molecule has 0 unspecified atom stereocenters. The van der Waals surface area contributed by atoms with Gasteiger partial charge in [-0.05, 0) is 5.41 Å². The van der Waals surface area contributed by atoms with Crippen LogP contribution in [0.5, 0.6) is 0 Å². The van der Waals surface area contributed by atoms with Gasteiger partial charge in [0.05, 0.1) is 0 Å². The van der Waals surface area contributed by atoms with Gasteiger partial charge >= 0.3 is 11.8 Å². The van der Waals surface area contributed by atoms with Gasteiger partial charge in [0.1, 0.15) is 0 Å². The van der Waals surface area contributed by atoms with Gasteiger partial charge in [0, 0.05) is 11.8 Å². The lowest BCUT2D eigenvalue weighted by Crippen LogP contribution is -2.51. The molecule has 0 aliphatic heterocycles. The fourth-order valence-electron chi connectivity index (χ4n) is 1.33. The van der Waals surface area contributed by atoms with Crippen molar-refractivity contribution in [3.05, 3.63) is 0 Å². The molecule has 0 amide bonds. The van der Waals surface area contributed by atoms with E-state index in [0.717, 1.165) is 20.8 Å². The second-order valence-electron chi connectivity index (χ2n) is 6.27. The lowest BCUT2D eigenvalue weighted by molar-refractivity contribution is -0.266. The predicted molar refractivity (Wildman–Crippen MR) is 53.4 cm³/mol. The van der Waals surface area contributed by atoms with Crippen molar-refractivity contribution in [2.45, 2.75) is 59.8 Å². The van der Waals surface area contributed by atoms with Crippen LogP contribution in [0, 0.1) is 10.8 Å². The molecule has 0 bridgehead atoms. The topological polar surface area (TPSA) is 0 Å². The Labute approximate surface area is 89.1 Å². The highest BCUT2D eigenvalue weighted by atomic mass is 19.3. The summed E-state index contributed by atoms with van der Waals surface area (Å²) in [6, 6.07) is 0. The Kier molecular flexibility index (Phi) is 3.56. The van der Waals surface area contributed by atoms with Gasteiger partial charge in [-0.1, -0.05) is 41.5 Å². The Morgan fingerprint density at radius 1 is 0.733 bits per heavy atom. The first-order valence-corrected chi connectivity index (χ1v) is 4.96. The van der Waals surface area contributed by atoms with Crippen molar-refractivity contribution in [1.29, 1.82) is 0 Å². The maximum Gasteiger partial charge on any atom is 0.314 e. The summed E-state index contributed by atoms with van der Waals surface area (Å²) < 4.78 is 53.9. The molecule has 15 heavy (non-hydrogen) atoms. The zero-order chi connectivity index (χ0) is 12.7. The highest BCUT2D eigenvalue weighted by Gasteiger charge is 2.63. The first-order valence-electron chi connectivity index (χ1n) is 4.96. The highest BCUT2D eigenvalue weighted by Crippen LogP contribution is 2.51. The van der Waals surface area contributed by atoms with Crippen molar-refractivity contribution in [3.8, 4) is 0 Å². The lowest BCUT2D eigenvalue weighted by atomic mass is 9.78. The summed E-state index contributed by atoms with van der Waals surface area (Å²) >= 11 is 0. The van der Waals surface area contributed by atoms with E-state index in [4.69, 9.17) is 0 Å². The molecule has 0 fully saturated rings. The molecule has 0 saturated heterocycles. The SMILES string of the molecule is CC(C)(C)CC(F)(F)C(F)(F)C(C)(C)C.